The number of hydrogen-bond acceptors (Lipinski definition) is 2. The lowest BCUT2D eigenvalue weighted by atomic mass is 10.1. The summed E-state index contributed by atoms with van der Waals surface area (Å²) in [6.45, 7) is 11.8. The zero-order chi connectivity index (χ0) is 11.5. The Morgan fingerprint density at radius 2 is 1.93 bits per heavy atom. The summed E-state index contributed by atoms with van der Waals surface area (Å²) >= 11 is 0. The molecule has 1 unspecified atom stereocenters. The first-order chi connectivity index (χ1) is 7.20. The average molecular weight is 215 g/mol. The van der Waals surface area contributed by atoms with Crippen LogP contribution in [0.5, 0.6) is 0 Å². The van der Waals surface area contributed by atoms with E-state index < -0.39 is 0 Å². The fourth-order valence-electron chi connectivity index (χ4n) is 1.60. The van der Waals surface area contributed by atoms with E-state index in [1.165, 1.54) is 19.3 Å². The van der Waals surface area contributed by atoms with Gasteiger partial charge in [-0.3, -0.25) is 0 Å². The minimum absolute atomic E-state index is 0.654. The molecule has 0 spiro atoms. The Morgan fingerprint density at radius 1 is 1.20 bits per heavy atom. The molecule has 0 aliphatic carbocycles. The maximum absolute atomic E-state index is 5.53. The summed E-state index contributed by atoms with van der Waals surface area (Å²) in [4.78, 5) is 0. The van der Waals surface area contributed by atoms with Gasteiger partial charge in [-0.1, -0.05) is 34.1 Å². The Labute approximate surface area is 95.8 Å². The van der Waals surface area contributed by atoms with Crippen LogP contribution >= 0.6 is 0 Å². The van der Waals surface area contributed by atoms with E-state index in [0.29, 0.717) is 12.0 Å². The fraction of sp³-hybridized carbons (Fsp3) is 1.00. The highest BCUT2D eigenvalue weighted by Crippen LogP contribution is 2.00. The van der Waals surface area contributed by atoms with Crippen molar-refractivity contribution in [2.45, 2.75) is 59.4 Å². The number of ether oxygens (including phenoxy) is 1. The molecule has 0 amide bonds. The molecule has 0 bridgehead atoms. The van der Waals surface area contributed by atoms with Crippen molar-refractivity contribution < 1.29 is 4.74 Å². The molecular formula is C13H29NO. The van der Waals surface area contributed by atoms with Gasteiger partial charge in [0.15, 0.2) is 0 Å². The molecule has 92 valence electrons. The van der Waals surface area contributed by atoms with Gasteiger partial charge in [0, 0.05) is 19.3 Å². The number of nitrogens with one attached hydrogen (secondary N) is 1. The van der Waals surface area contributed by atoms with E-state index in [4.69, 9.17) is 4.74 Å². The van der Waals surface area contributed by atoms with Gasteiger partial charge in [0.2, 0.25) is 0 Å². The molecule has 0 aliphatic rings. The first-order valence-corrected chi connectivity index (χ1v) is 6.51. The summed E-state index contributed by atoms with van der Waals surface area (Å²) < 4.78 is 5.53. The topological polar surface area (TPSA) is 21.3 Å². The highest BCUT2D eigenvalue weighted by atomic mass is 16.5. The van der Waals surface area contributed by atoms with Crippen molar-refractivity contribution >= 4 is 0 Å². The molecule has 0 saturated heterocycles. The molecule has 0 saturated carbocycles. The molecule has 0 aromatic heterocycles. The number of rotatable bonds is 10. The van der Waals surface area contributed by atoms with Gasteiger partial charge in [-0.05, 0) is 31.7 Å². The van der Waals surface area contributed by atoms with Crippen LogP contribution in [0.4, 0.5) is 0 Å². The molecular weight excluding hydrogens is 186 g/mol. The van der Waals surface area contributed by atoms with Crippen molar-refractivity contribution in [1.29, 1.82) is 0 Å². The molecule has 0 fully saturated rings. The third-order valence-corrected chi connectivity index (χ3v) is 2.48. The maximum atomic E-state index is 5.53. The maximum Gasteiger partial charge on any atom is 0.0489 e. The van der Waals surface area contributed by atoms with E-state index in [-0.39, 0.29) is 0 Å². The van der Waals surface area contributed by atoms with Gasteiger partial charge in [0.1, 0.15) is 0 Å². The highest BCUT2D eigenvalue weighted by molar-refractivity contribution is 4.63. The predicted molar refractivity (Wildman–Crippen MR) is 67.3 cm³/mol. The van der Waals surface area contributed by atoms with Crippen molar-refractivity contribution in [2.24, 2.45) is 5.92 Å². The normalized spacial score (nSPS) is 13.4. The van der Waals surface area contributed by atoms with Crippen LogP contribution in [-0.2, 0) is 4.74 Å². The molecule has 2 heteroatoms. The molecule has 0 radical (unpaired) electrons. The van der Waals surface area contributed by atoms with Crippen molar-refractivity contribution in [1.82, 2.24) is 5.32 Å². The van der Waals surface area contributed by atoms with Crippen molar-refractivity contribution in [3.8, 4) is 0 Å². The Kier molecular flexibility index (Phi) is 10.4. The molecule has 0 aromatic carbocycles. The summed E-state index contributed by atoms with van der Waals surface area (Å²) in [5, 5.41) is 3.58. The first-order valence-electron chi connectivity index (χ1n) is 6.51. The summed E-state index contributed by atoms with van der Waals surface area (Å²) in [6.07, 6.45) is 4.94. The van der Waals surface area contributed by atoms with Gasteiger partial charge in [-0.25, -0.2) is 0 Å². The molecule has 0 rings (SSSR count). The predicted octanol–water partition coefficient (Wildman–Crippen LogP) is 3.22. The minimum atomic E-state index is 0.654. The zero-order valence-corrected chi connectivity index (χ0v) is 11.0. The second-order valence-corrected chi connectivity index (χ2v) is 4.67. The third kappa shape index (κ3) is 10.2. The fourth-order valence-corrected chi connectivity index (χ4v) is 1.60. The Balaban J connectivity index is 3.21. The minimum Gasteiger partial charge on any atom is -0.381 e. The van der Waals surface area contributed by atoms with E-state index in [1.807, 2.05) is 0 Å². The second-order valence-electron chi connectivity index (χ2n) is 4.67. The third-order valence-electron chi connectivity index (χ3n) is 2.48. The van der Waals surface area contributed by atoms with E-state index in [0.717, 1.165) is 26.2 Å². The van der Waals surface area contributed by atoms with Crippen LogP contribution < -0.4 is 5.32 Å². The Bertz CT molecular complexity index is 126. The standard InChI is InChI=1S/C13H29NO/c1-5-8-13(6-2)14-9-7-10-15-11-12(3)4/h12-14H,5-11H2,1-4H3. The first kappa shape index (κ1) is 14.9. The molecule has 0 aromatic rings. The lowest BCUT2D eigenvalue weighted by Gasteiger charge is -2.15. The van der Waals surface area contributed by atoms with Crippen LogP contribution in [0.1, 0.15) is 53.4 Å². The van der Waals surface area contributed by atoms with Gasteiger partial charge in [0.25, 0.3) is 0 Å². The van der Waals surface area contributed by atoms with Gasteiger partial charge < -0.3 is 10.1 Å². The van der Waals surface area contributed by atoms with Gasteiger partial charge in [0.05, 0.1) is 0 Å². The Morgan fingerprint density at radius 3 is 2.47 bits per heavy atom. The van der Waals surface area contributed by atoms with Crippen LogP contribution in [0.25, 0.3) is 0 Å². The quantitative estimate of drug-likeness (QED) is 0.565. The van der Waals surface area contributed by atoms with E-state index in [2.05, 4.69) is 33.0 Å². The smallest absolute Gasteiger partial charge is 0.0489 e. The second kappa shape index (κ2) is 10.4. The molecule has 2 nitrogen and oxygen atoms in total. The van der Waals surface area contributed by atoms with Crippen molar-refractivity contribution in [2.75, 3.05) is 19.8 Å². The van der Waals surface area contributed by atoms with Crippen molar-refractivity contribution in [3.63, 3.8) is 0 Å². The molecule has 0 aliphatic heterocycles. The number of hydrogen-bond donors (Lipinski definition) is 1. The summed E-state index contributed by atoms with van der Waals surface area (Å²) in [6, 6.07) is 0.708. The monoisotopic (exact) mass is 215 g/mol. The van der Waals surface area contributed by atoms with Crippen LogP contribution in [-0.4, -0.2) is 25.8 Å². The molecule has 15 heavy (non-hydrogen) atoms. The van der Waals surface area contributed by atoms with Crippen LogP contribution in [0.15, 0.2) is 0 Å². The van der Waals surface area contributed by atoms with Gasteiger partial charge >= 0.3 is 0 Å². The zero-order valence-electron chi connectivity index (χ0n) is 11.0. The molecule has 0 heterocycles. The van der Waals surface area contributed by atoms with Gasteiger partial charge in [-0.2, -0.15) is 0 Å². The van der Waals surface area contributed by atoms with Crippen LogP contribution in [0.2, 0.25) is 0 Å². The van der Waals surface area contributed by atoms with E-state index >= 15 is 0 Å². The highest BCUT2D eigenvalue weighted by Gasteiger charge is 2.02. The van der Waals surface area contributed by atoms with E-state index in [1.54, 1.807) is 0 Å². The molecule has 1 N–H and O–H groups in total. The van der Waals surface area contributed by atoms with E-state index in [9.17, 15) is 0 Å². The molecule has 1 atom stereocenters. The summed E-state index contributed by atoms with van der Waals surface area (Å²) in [5.41, 5.74) is 0. The summed E-state index contributed by atoms with van der Waals surface area (Å²) in [7, 11) is 0. The van der Waals surface area contributed by atoms with Crippen molar-refractivity contribution in [3.05, 3.63) is 0 Å². The lowest BCUT2D eigenvalue weighted by molar-refractivity contribution is 0.107. The summed E-state index contributed by atoms with van der Waals surface area (Å²) in [5.74, 6) is 0.654. The SMILES string of the molecule is CCCC(CC)NCCCOCC(C)C. The van der Waals surface area contributed by atoms with Crippen LogP contribution in [0, 0.1) is 5.92 Å². The largest absolute Gasteiger partial charge is 0.381 e. The Hall–Kier alpha value is -0.0800. The van der Waals surface area contributed by atoms with Gasteiger partial charge in [-0.15, -0.1) is 0 Å². The van der Waals surface area contributed by atoms with Crippen LogP contribution in [0.3, 0.4) is 0 Å². The average Bonchev–Trinajstić information content (AvgIpc) is 2.21. The lowest BCUT2D eigenvalue weighted by Crippen LogP contribution is -2.29.